The molecule has 0 aliphatic rings. The number of thiol groups is 1. The third-order valence-electron chi connectivity index (χ3n) is 4.37. The van der Waals surface area contributed by atoms with Crippen LogP contribution >= 0.6 is 12.6 Å². The molecule has 1 atom stereocenters. The van der Waals surface area contributed by atoms with Gasteiger partial charge in [0.15, 0.2) is 0 Å². The van der Waals surface area contributed by atoms with Gasteiger partial charge in [-0.1, -0.05) is 57.2 Å². The van der Waals surface area contributed by atoms with Crippen molar-refractivity contribution in [2.75, 3.05) is 23.7 Å². The average Bonchev–Trinajstić information content (AvgIpc) is 2.47. The molecule has 0 spiro atoms. The molecule has 0 N–H and O–H groups in total. The van der Waals surface area contributed by atoms with Gasteiger partial charge in [0.05, 0.1) is 0 Å². The largest absolute Gasteiger partial charge is 0.371 e. The second-order valence-electron chi connectivity index (χ2n) is 6.78. The van der Waals surface area contributed by atoms with Gasteiger partial charge < -0.3 is 4.90 Å². The minimum Gasteiger partial charge on any atom is -0.371 e. The molecular formula is C19H27NS. The molecule has 2 aromatic carbocycles. The van der Waals surface area contributed by atoms with E-state index in [1.807, 2.05) is 0 Å². The highest BCUT2D eigenvalue weighted by atomic mass is 32.1. The van der Waals surface area contributed by atoms with Crippen LogP contribution in [0.3, 0.4) is 0 Å². The topological polar surface area (TPSA) is 3.24 Å². The van der Waals surface area contributed by atoms with Crippen LogP contribution in [0.25, 0.3) is 10.8 Å². The summed E-state index contributed by atoms with van der Waals surface area (Å²) in [7, 11) is 0. The predicted octanol–water partition coefficient (Wildman–Crippen LogP) is 5.26. The Morgan fingerprint density at radius 1 is 1.05 bits per heavy atom. The predicted molar refractivity (Wildman–Crippen MR) is 98.6 cm³/mol. The molecule has 0 aromatic heterocycles. The Hall–Kier alpha value is -1.15. The van der Waals surface area contributed by atoms with Crippen molar-refractivity contribution in [2.24, 2.45) is 11.3 Å². The molecule has 0 fully saturated rings. The van der Waals surface area contributed by atoms with Gasteiger partial charge in [-0.05, 0) is 35.5 Å². The maximum atomic E-state index is 4.58. The van der Waals surface area contributed by atoms with E-state index in [0.717, 1.165) is 18.8 Å². The smallest absolute Gasteiger partial charge is 0.0445 e. The monoisotopic (exact) mass is 301 g/mol. The number of hydrogen-bond donors (Lipinski definition) is 1. The zero-order valence-electron chi connectivity index (χ0n) is 13.6. The van der Waals surface area contributed by atoms with Gasteiger partial charge in [-0.2, -0.15) is 12.6 Å². The first kappa shape index (κ1) is 16.2. The third kappa shape index (κ3) is 3.74. The molecule has 21 heavy (non-hydrogen) atoms. The van der Waals surface area contributed by atoms with Crippen LogP contribution in [-0.2, 0) is 0 Å². The molecule has 1 nitrogen and oxygen atoms in total. The molecule has 0 saturated carbocycles. The van der Waals surface area contributed by atoms with Gasteiger partial charge in [-0.15, -0.1) is 0 Å². The first-order valence-electron chi connectivity index (χ1n) is 7.81. The van der Waals surface area contributed by atoms with Crippen molar-refractivity contribution in [3.8, 4) is 0 Å². The number of benzene rings is 2. The SMILES string of the molecule is CCN(CC(CS)C(C)(C)C)c1cccc2ccccc12. The van der Waals surface area contributed by atoms with E-state index >= 15 is 0 Å². The van der Waals surface area contributed by atoms with Gasteiger partial charge in [0.25, 0.3) is 0 Å². The van der Waals surface area contributed by atoms with Crippen molar-refractivity contribution in [1.82, 2.24) is 0 Å². The summed E-state index contributed by atoms with van der Waals surface area (Å²) in [6, 6.07) is 15.2. The fourth-order valence-electron chi connectivity index (χ4n) is 2.75. The summed E-state index contributed by atoms with van der Waals surface area (Å²) in [5.41, 5.74) is 1.62. The van der Waals surface area contributed by atoms with Crippen molar-refractivity contribution in [2.45, 2.75) is 27.7 Å². The molecule has 0 saturated heterocycles. The van der Waals surface area contributed by atoms with E-state index in [1.54, 1.807) is 0 Å². The standard InChI is InChI=1S/C19H27NS/c1-5-20(13-16(14-21)19(2,3)4)18-12-8-10-15-9-6-7-11-17(15)18/h6-12,16,21H,5,13-14H2,1-4H3. The molecule has 1 unspecified atom stereocenters. The summed E-state index contributed by atoms with van der Waals surface area (Å²) in [5.74, 6) is 1.49. The number of fused-ring (bicyclic) bond motifs is 1. The highest BCUT2D eigenvalue weighted by Crippen LogP contribution is 2.32. The zero-order chi connectivity index (χ0) is 15.5. The molecule has 0 amide bonds. The first-order valence-corrected chi connectivity index (χ1v) is 8.44. The molecule has 0 aliphatic heterocycles. The molecule has 114 valence electrons. The molecule has 2 aromatic rings. The van der Waals surface area contributed by atoms with E-state index in [4.69, 9.17) is 0 Å². The summed E-state index contributed by atoms with van der Waals surface area (Å²) in [6.07, 6.45) is 0. The van der Waals surface area contributed by atoms with Crippen LogP contribution in [0.1, 0.15) is 27.7 Å². The van der Waals surface area contributed by atoms with Crippen LogP contribution < -0.4 is 4.90 Å². The lowest BCUT2D eigenvalue weighted by Gasteiger charge is -2.35. The molecule has 2 heteroatoms. The van der Waals surface area contributed by atoms with E-state index < -0.39 is 0 Å². The molecule has 2 rings (SSSR count). The van der Waals surface area contributed by atoms with Crippen molar-refractivity contribution in [3.05, 3.63) is 42.5 Å². The summed E-state index contributed by atoms with van der Waals surface area (Å²) >= 11 is 4.58. The van der Waals surface area contributed by atoms with Crippen LogP contribution in [-0.4, -0.2) is 18.8 Å². The van der Waals surface area contributed by atoms with Crippen LogP contribution in [0, 0.1) is 11.3 Å². The minimum atomic E-state index is 0.278. The van der Waals surface area contributed by atoms with Crippen molar-refractivity contribution < 1.29 is 0 Å². The second-order valence-corrected chi connectivity index (χ2v) is 7.15. The van der Waals surface area contributed by atoms with Crippen molar-refractivity contribution >= 4 is 29.1 Å². The number of rotatable bonds is 5. The Morgan fingerprint density at radius 3 is 2.33 bits per heavy atom. The van der Waals surface area contributed by atoms with Crippen molar-refractivity contribution in [3.63, 3.8) is 0 Å². The van der Waals surface area contributed by atoms with Gasteiger partial charge in [0.1, 0.15) is 0 Å². The van der Waals surface area contributed by atoms with E-state index in [9.17, 15) is 0 Å². The lowest BCUT2D eigenvalue weighted by atomic mass is 9.81. The fourth-order valence-corrected chi connectivity index (χ4v) is 3.42. The van der Waals surface area contributed by atoms with E-state index in [1.165, 1.54) is 16.5 Å². The van der Waals surface area contributed by atoms with E-state index in [-0.39, 0.29) is 5.41 Å². The Balaban J connectivity index is 2.36. The van der Waals surface area contributed by atoms with Gasteiger partial charge >= 0.3 is 0 Å². The van der Waals surface area contributed by atoms with Gasteiger partial charge in [0.2, 0.25) is 0 Å². The fraction of sp³-hybridized carbons (Fsp3) is 0.474. The van der Waals surface area contributed by atoms with Crippen LogP contribution in [0.2, 0.25) is 0 Å². The highest BCUT2D eigenvalue weighted by Gasteiger charge is 2.25. The number of hydrogen-bond acceptors (Lipinski definition) is 2. The summed E-state index contributed by atoms with van der Waals surface area (Å²) in [5, 5.41) is 2.65. The van der Waals surface area contributed by atoms with Gasteiger partial charge in [-0.25, -0.2) is 0 Å². The van der Waals surface area contributed by atoms with E-state index in [2.05, 4.69) is 87.7 Å². The van der Waals surface area contributed by atoms with Gasteiger partial charge in [-0.3, -0.25) is 0 Å². The summed E-state index contributed by atoms with van der Waals surface area (Å²) in [6.45, 7) is 11.2. The first-order chi connectivity index (χ1) is 9.97. The Bertz CT molecular complexity index is 580. The highest BCUT2D eigenvalue weighted by molar-refractivity contribution is 7.80. The van der Waals surface area contributed by atoms with Gasteiger partial charge in [0, 0.05) is 24.2 Å². The quantitative estimate of drug-likeness (QED) is 0.737. The van der Waals surface area contributed by atoms with Crippen LogP contribution in [0.5, 0.6) is 0 Å². The number of anilines is 1. The van der Waals surface area contributed by atoms with Crippen LogP contribution in [0.15, 0.2) is 42.5 Å². The lowest BCUT2D eigenvalue weighted by molar-refractivity contribution is 0.270. The minimum absolute atomic E-state index is 0.278. The molecule has 0 aliphatic carbocycles. The summed E-state index contributed by atoms with van der Waals surface area (Å²) in [4.78, 5) is 2.49. The molecule has 0 radical (unpaired) electrons. The molecule has 0 heterocycles. The second kappa shape index (κ2) is 6.74. The maximum Gasteiger partial charge on any atom is 0.0445 e. The summed E-state index contributed by atoms with van der Waals surface area (Å²) < 4.78 is 0. The van der Waals surface area contributed by atoms with E-state index in [0.29, 0.717) is 5.92 Å². The third-order valence-corrected chi connectivity index (χ3v) is 4.82. The molecular weight excluding hydrogens is 274 g/mol. The maximum absolute atomic E-state index is 4.58. The number of nitrogens with zero attached hydrogens (tertiary/aromatic N) is 1. The Morgan fingerprint density at radius 2 is 1.71 bits per heavy atom. The van der Waals surface area contributed by atoms with Crippen molar-refractivity contribution in [1.29, 1.82) is 0 Å². The zero-order valence-corrected chi connectivity index (χ0v) is 14.5. The Labute approximate surface area is 134 Å². The Kier molecular flexibility index (Phi) is 5.21. The molecule has 0 bridgehead atoms. The normalized spacial score (nSPS) is 13.4. The lowest BCUT2D eigenvalue weighted by Crippen LogP contribution is -2.36. The van der Waals surface area contributed by atoms with Crippen LogP contribution in [0.4, 0.5) is 5.69 Å². The average molecular weight is 301 g/mol.